The van der Waals surface area contributed by atoms with E-state index in [0.717, 1.165) is 57.3 Å². The molecule has 0 aliphatic carbocycles. The largest absolute Gasteiger partial charge is 0.478 e. The van der Waals surface area contributed by atoms with Gasteiger partial charge in [-0.25, -0.2) is 4.98 Å². The molecule has 0 radical (unpaired) electrons. The van der Waals surface area contributed by atoms with E-state index in [9.17, 15) is 0 Å². The lowest BCUT2D eigenvalue weighted by atomic mass is 10.3. The number of aryl methyl sites for hydroxylation is 1. The second kappa shape index (κ2) is 7.40. The Morgan fingerprint density at radius 2 is 2.00 bits per heavy atom. The summed E-state index contributed by atoms with van der Waals surface area (Å²) in [6.07, 6.45) is 0.982. The normalized spacial score (nSPS) is 16.4. The molecule has 6 heteroatoms. The van der Waals surface area contributed by atoms with Gasteiger partial charge in [0.05, 0.1) is 6.61 Å². The smallest absolute Gasteiger partial charge is 0.228 e. The predicted molar refractivity (Wildman–Crippen MR) is 80.3 cm³/mol. The maximum Gasteiger partial charge on any atom is 0.228 e. The minimum atomic E-state index is 0.679. The first-order chi connectivity index (χ1) is 9.72. The monoisotopic (exact) mass is 279 g/mol. The molecule has 0 saturated carbocycles. The Morgan fingerprint density at radius 3 is 2.65 bits per heavy atom. The van der Waals surface area contributed by atoms with Crippen molar-refractivity contribution >= 4 is 5.95 Å². The topological polar surface area (TPSA) is 67.5 Å². The molecule has 0 amide bonds. The zero-order valence-electron chi connectivity index (χ0n) is 12.5. The second-order valence-corrected chi connectivity index (χ2v) is 5.11. The van der Waals surface area contributed by atoms with E-state index in [1.165, 1.54) is 0 Å². The average Bonchev–Trinajstić information content (AvgIpc) is 2.46. The lowest BCUT2D eigenvalue weighted by Crippen LogP contribution is -2.48. The van der Waals surface area contributed by atoms with Crippen molar-refractivity contribution in [1.82, 2.24) is 14.9 Å². The van der Waals surface area contributed by atoms with E-state index in [1.54, 1.807) is 0 Å². The highest BCUT2D eigenvalue weighted by Crippen LogP contribution is 2.17. The van der Waals surface area contributed by atoms with Crippen molar-refractivity contribution in [2.24, 2.45) is 5.73 Å². The molecule has 2 N–H and O–H groups in total. The lowest BCUT2D eigenvalue weighted by Gasteiger charge is -2.34. The number of hydrogen-bond donors (Lipinski definition) is 1. The third kappa shape index (κ3) is 4.05. The van der Waals surface area contributed by atoms with E-state index in [-0.39, 0.29) is 0 Å². The fourth-order valence-corrected chi connectivity index (χ4v) is 2.30. The van der Waals surface area contributed by atoms with Crippen molar-refractivity contribution in [3.8, 4) is 5.88 Å². The van der Waals surface area contributed by atoms with E-state index in [2.05, 4.69) is 26.7 Å². The van der Waals surface area contributed by atoms with Crippen LogP contribution in [0, 0.1) is 6.92 Å². The van der Waals surface area contributed by atoms with Gasteiger partial charge in [0, 0.05) is 51.0 Å². The minimum Gasteiger partial charge on any atom is -0.478 e. The van der Waals surface area contributed by atoms with Gasteiger partial charge < -0.3 is 15.4 Å². The Balaban J connectivity index is 2.00. The average molecular weight is 279 g/mol. The SMILES string of the molecule is CCCOc1cc(C)nc(N2CCN(CCN)CC2)n1. The number of ether oxygens (including phenoxy) is 1. The zero-order chi connectivity index (χ0) is 14.4. The van der Waals surface area contributed by atoms with Crippen LogP contribution in [0.1, 0.15) is 19.0 Å². The number of nitrogens with zero attached hydrogens (tertiary/aromatic N) is 4. The Kier molecular flexibility index (Phi) is 5.55. The predicted octanol–water partition coefficient (Wildman–Crippen LogP) is 0.655. The number of piperazine rings is 1. The van der Waals surface area contributed by atoms with Gasteiger partial charge in [-0.1, -0.05) is 6.92 Å². The van der Waals surface area contributed by atoms with Crippen LogP contribution in [0.3, 0.4) is 0 Å². The third-order valence-corrected chi connectivity index (χ3v) is 3.37. The molecule has 0 unspecified atom stereocenters. The first kappa shape index (κ1) is 15.0. The molecule has 112 valence electrons. The molecule has 0 bridgehead atoms. The summed E-state index contributed by atoms with van der Waals surface area (Å²) in [5.74, 6) is 1.46. The van der Waals surface area contributed by atoms with Crippen molar-refractivity contribution in [2.75, 3.05) is 50.8 Å². The maximum atomic E-state index is 5.62. The minimum absolute atomic E-state index is 0.679. The van der Waals surface area contributed by atoms with E-state index < -0.39 is 0 Å². The number of rotatable bonds is 6. The van der Waals surface area contributed by atoms with Crippen molar-refractivity contribution < 1.29 is 4.74 Å². The molecule has 2 rings (SSSR count). The Morgan fingerprint density at radius 1 is 1.25 bits per heavy atom. The Labute approximate surface area is 120 Å². The van der Waals surface area contributed by atoms with Gasteiger partial charge in [-0.05, 0) is 13.3 Å². The molecule has 6 nitrogen and oxygen atoms in total. The van der Waals surface area contributed by atoms with E-state index in [1.807, 2.05) is 13.0 Å². The van der Waals surface area contributed by atoms with Crippen LogP contribution >= 0.6 is 0 Å². The molecule has 1 aromatic heterocycles. The van der Waals surface area contributed by atoms with Gasteiger partial charge in [-0.2, -0.15) is 4.98 Å². The first-order valence-corrected chi connectivity index (χ1v) is 7.38. The fraction of sp³-hybridized carbons (Fsp3) is 0.714. The van der Waals surface area contributed by atoms with Gasteiger partial charge in [-0.3, -0.25) is 4.90 Å². The summed E-state index contributed by atoms with van der Waals surface area (Å²) in [5, 5.41) is 0. The lowest BCUT2D eigenvalue weighted by molar-refractivity contribution is 0.262. The molecular weight excluding hydrogens is 254 g/mol. The van der Waals surface area contributed by atoms with E-state index >= 15 is 0 Å². The van der Waals surface area contributed by atoms with Crippen LogP contribution in [0.25, 0.3) is 0 Å². The van der Waals surface area contributed by atoms with Gasteiger partial charge in [0.1, 0.15) is 0 Å². The van der Waals surface area contributed by atoms with Crippen LogP contribution in [0.2, 0.25) is 0 Å². The quantitative estimate of drug-likeness (QED) is 0.825. The molecule has 0 aromatic carbocycles. The molecular formula is C14H25N5O. The van der Waals surface area contributed by atoms with Crippen LogP contribution < -0.4 is 15.4 Å². The van der Waals surface area contributed by atoms with Crippen LogP contribution in [0.4, 0.5) is 5.95 Å². The van der Waals surface area contributed by atoms with E-state index in [0.29, 0.717) is 12.5 Å². The van der Waals surface area contributed by atoms with Crippen molar-refractivity contribution in [1.29, 1.82) is 0 Å². The summed E-state index contributed by atoms with van der Waals surface area (Å²) in [6.45, 7) is 10.4. The molecule has 1 aliphatic rings. The molecule has 1 saturated heterocycles. The Bertz CT molecular complexity index is 418. The molecule has 20 heavy (non-hydrogen) atoms. The van der Waals surface area contributed by atoms with Crippen LogP contribution in [-0.2, 0) is 0 Å². The molecule has 1 aromatic rings. The van der Waals surface area contributed by atoms with E-state index in [4.69, 9.17) is 10.5 Å². The number of hydrogen-bond acceptors (Lipinski definition) is 6. The second-order valence-electron chi connectivity index (χ2n) is 5.11. The zero-order valence-corrected chi connectivity index (χ0v) is 12.5. The van der Waals surface area contributed by atoms with Crippen molar-refractivity contribution in [3.63, 3.8) is 0 Å². The standard InChI is InChI=1S/C14H25N5O/c1-3-10-20-13-11-12(2)16-14(17-13)19-8-6-18(5-4-15)7-9-19/h11H,3-10,15H2,1-2H3. The summed E-state index contributed by atoms with van der Waals surface area (Å²) in [6, 6.07) is 1.89. The molecule has 0 spiro atoms. The highest BCUT2D eigenvalue weighted by Gasteiger charge is 2.19. The summed E-state index contributed by atoms with van der Waals surface area (Å²) < 4.78 is 5.62. The van der Waals surface area contributed by atoms with Gasteiger partial charge >= 0.3 is 0 Å². The third-order valence-electron chi connectivity index (χ3n) is 3.37. The molecule has 0 atom stereocenters. The van der Waals surface area contributed by atoms with Crippen molar-refractivity contribution in [3.05, 3.63) is 11.8 Å². The molecule has 1 aliphatic heterocycles. The van der Waals surface area contributed by atoms with Crippen LogP contribution in [0.5, 0.6) is 5.88 Å². The summed E-state index contributed by atoms with van der Waals surface area (Å²) in [5.41, 5.74) is 6.54. The van der Waals surface area contributed by atoms with Gasteiger partial charge in [0.15, 0.2) is 0 Å². The summed E-state index contributed by atoms with van der Waals surface area (Å²) in [4.78, 5) is 13.6. The molecule has 1 fully saturated rings. The Hall–Kier alpha value is -1.40. The van der Waals surface area contributed by atoms with Crippen molar-refractivity contribution in [2.45, 2.75) is 20.3 Å². The summed E-state index contributed by atoms with van der Waals surface area (Å²) >= 11 is 0. The first-order valence-electron chi connectivity index (χ1n) is 7.38. The van der Waals surface area contributed by atoms with Crippen LogP contribution in [0.15, 0.2) is 6.07 Å². The number of nitrogens with two attached hydrogens (primary N) is 1. The van der Waals surface area contributed by atoms with Gasteiger partial charge in [0.25, 0.3) is 0 Å². The number of anilines is 1. The van der Waals surface area contributed by atoms with Gasteiger partial charge in [-0.15, -0.1) is 0 Å². The number of aromatic nitrogens is 2. The maximum absolute atomic E-state index is 5.62. The fourth-order valence-electron chi connectivity index (χ4n) is 2.30. The highest BCUT2D eigenvalue weighted by molar-refractivity contribution is 5.35. The molecule has 2 heterocycles. The summed E-state index contributed by atoms with van der Waals surface area (Å²) in [7, 11) is 0. The van der Waals surface area contributed by atoms with Gasteiger partial charge in [0.2, 0.25) is 11.8 Å². The van der Waals surface area contributed by atoms with Crippen LogP contribution in [-0.4, -0.2) is 60.7 Å². The highest BCUT2D eigenvalue weighted by atomic mass is 16.5.